The Kier molecular flexibility index (Phi) is 4.53. The molecule has 1 aromatic carbocycles. The molecule has 118 valence electrons. The highest BCUT2D eigenvalue weighted by Crippen LogP contribution is 2.34. The average molecular weight is 343 g/mol. The van der Waals surface area contributed by atoms with Gasteiger partial charge in [0.1, 0.15) is 4.90 Å². The summed E-state index contributed by atoms with van der Waals surface area (Å²) in [5.41, 5.74) is -0.975. The molecule has 1 N–H and O–H groups in total. The molecule has 0 bridgehead atoms. The lowest BCUT2D eigenvalue weighted by Gasteiger charge is -2.23. The zero-order valence-corrected chi connectivity index (χ0v) is 12.7. The number of hydrogen-bond donors (Lipinski definition) is 1. The number of nitrogens with zero attached hydrogens (tertiary/aromatic N) is 1. The molecule has 1 saturated heterocycles. The highest BCUT2D eigenvalue weighted by molar-refractivity contribution is 7.89. The van der Waals surface area contributed by atoms with Gasteiger partial charge in [0.05, 0.1) is 10.6 Å². The number of likely N-dealkylation sites (N-methyl/N-ethyl adjacent to an activating group) is 1. The molecule has 4 nitrogen and oxygen atoms in total. The number of halogens is 4. The summed E-state index contributed by atoms with van der Waals surface area (Å²) in [6.45, 7) is 1.21. The van der Waals surface area contributed by atoms with Crippen LogP contribution in [0.2, 0.25) is 5.02 Å². The van der Waals surface area contributed by atoms with Crippen molar-refractivity contribution in [2.24, 2.45) is 0 Å². The van der Waals surface area contributed by atoms with Crippen LogP contribution < -0.4 is 5.32 Å². The molecule has 1 atom stereocenters. The van der Waals surface area contributed by atoms with Crippen LogP contribution in [0.4, 0.5) is 13.2 Å². The van der Waals surface area contributed by atoms with Crippen molar-refractivity contribution < 1.29 is 21.6 Å². The average Bonchev–Trinajstić information content (AvgIpc) is 2.89. The Bertz CT molecular complexity index is 628. The maximum absolute atomic E-state index is 12.6. The Morgan fingerprint density at radius 2 is 2.05 bits per heavy atom. The van der Waals surface area contributed by atoms with E-state index in [0.717, 1.165) is 16.4 Å². The first-order valence-electron chi connectivity index (χ1n) is 6.19. The maximum atomic E-state index is 12.6. The summed E-state index contributed by atoms with van der Waals surface area (Å²) in [5, 5.41) is 2.60. The lowest BCUT2D eigenvalue weighted by atomic mass is 10.2. The summed E-state index contributed by atoms with van der Waals surface area (Å²) >= 11 is 5.75. The third-order valence-electron chi connectivity index (χ3n) is 3.46. The Balaban J connectivity index is 2.36. The molecule has 1 heterocycles. The molecule has 0 saturated carbocycles. The van der Waals surface area contributed by atoms with Crippen LogP contribution in [0.3, 0.4) is 0 Å². The van der Waals surface area contributed by atoms with E-state index in [1.807, 2.05) is 0 Å². The normalized spacial score (nSPS) is 20.2. The number of hydrogen-bond acceptors (Lipinski definition) is 3. The standard InChI is InChI=1S/C12H14ClF3N2O2S/c1-18(9-4-5-17-7-9)21(19,20)11-3-2-8(6-10(11)13)12(14,15)16/h2-3,6,9,17H,4-5,7H2,1H3. The van der Waals surface area contributed by atoms with Crippen molar-refractivity contribution in [1.29, 1.82) is 0 Å². The van der Waals surface area contributed by atoms with E-state index in [1.54, 1.807) is 0 Å². The summed E-state index contributed by atoms with van der Waals surface area (Å²) in [4.78, 5) is -0.313. The molecule has 1 fully saturated rings. The molecule has 0 aliphatic carbocycles. The SMILES string of the molecule is CN(C1CCNC1)S(=O)(=O)c1ccc(C(F)(F)F)cc1Cl. The van der Waals surface area contributed by atoms with Crippen molar-refractivity contribution in [3.05, 3.63) is 28.8 Å². The Hall–Kier alpha value is -0.830. The molecular weight excluding hydrogens is 329 g/mol. The second-order valence-corrected chi connectivity index (χ2v) is 7.18. The highest BCUT2D eigenvalue weighted by Gasteiger charge is 2.34. The predicted molar refractivity (Wildman–Crippen MR) is 72.7 cm³/mol. The van der Waals surface area contributed by atoms with Crippen LogP contribution in [-0.2, 0) is 16.2 Å². The van der Waals surface area contributed by atoms with Gasteiger partial charge in [0.2, 0.25) is 10.0 Å². The van der Waals surface area contributed by atoms with Crippen molar-refractivity contribution in [3.63, 3.8) is 0 Å². The van der Waals surface area contributed by atoms with E-state index in [2.05, 4.69) is 5.32 Å². The van der Waals surface area contributed by atoms with E-state index in [1.165, 1.54) is 7.05 Å². The largest absolute Gasteiger partial charge is 0.416 e. The van der Waals surface area contributed by atoms with Gasteiger partial charge >= 0.3 is 6.18 Å². The summed E-state index contributed by atoms with van der Waals surface area (Å²) < 4.78 is 63.7. The van der Waals surface area contributed by atoms with Gasteiger partial charge < -0.3 is 5.32 Å². The summed E-state index contributed by atoms with van der Waals surface area (Å²) in [6.07, 6.45) is -3.92. The minimum Gasteiger partial charge on any atom is -0.315 e. The molecule has 1 aromatic rings. The van der Waals surface area contributed by atoms with Crippen LogP contribution in [0.1, 0.15) is 12.0 Å². The molecule has 1 unspecified atom stereocenters. The van der Waals surface area contributed by atoms with E-state index in [0.29, 0.717) is 25.6 Å². The fourth-order valence-corrected chi connectivity index (χ4v) is 4.09. The Morgan fingerprint density at radius 3 is 2.52 bits per heavy atom. The molecule has 0 spiro atoms. The number of alkyl halides is 3. The molecular formula is C12H14ClF3N2O2S. The lowest BCUT2D eigenvalue weighted by Crippen LogP contribution is -2.38. The van der Waals surface area contributed by atoms with Crippen LogP contribution in [0.15, 0.2) is 23.1 Å². The predicted octanol–water partition coefficient (Wildman–Crippen LogP) is 2.34. The Labute approximate surface area is 125 Å². The molecule has 0 aromatic heterocycles. The minimum absolute atomic E-state index is 0.228. The van der Waals surface area contributed by atoms with Gasteiger partial charge in [0.15, 0.2) is 0 Å². The van der Waals surface area contributed by atoms with E-state index >= 15 is 0 Å². The number of rotatable bonds is 3. The van der Waals surface area contributed by atoms with Gasteiger partial charge in [0, 0.05) is 19.6 Å². The molecule has 9 heteroatoms. The number of nitrogens with one attached hydrogen (secondary N) is 1. The van der Waals surface area contributed by atoms with Crippen LogP contribution in [0, 0.1) is 0 Å². The number of benzene rings is 1. The second kappa shape index (κ2) is 5.75. The fraction of sp³-hybridized carbons (Fsp3) is 0.500. The third kappa shape index (κ3) is 3.33. The van der Waals surface area contributed by atoms with Gasteiger partial charge in [-0.05, 0) is 31.2 Å². The van der Waals surface area contributed by atoms with Gasteiger partial charge in [0.25, 0.3) is 0 Å². The molecule has 0 radical (unpaired) electrons. The van der Waals surface area contributed by atoms with Crippen molar-refractivity contribution in [2.75, 3.05) is 20.1 Å². The summed E-state index contributed by atoms with van der Waals surface area (Å²) in [6, 6.07) is 2.03. The van der Waals surface area contributed by atoms with Gasteiger partial charge in [-0.3, -0.25) is 0 Å². The smallest absolute Gasteiger partial charge is 0.315 e. The molecule has 0 amide bonds. The van der Waals surface area contributed by atoms with Crippen molar-refractivity contribution >= 4 is 21.6 Å². The summed E-state index contributed by atoms with van der Waals surface area (Å²) in [5.74, 6) is 0. The van der Waals surface area contributed by atoms with Crippen LogP contribution in [0.5, 0.6) is 0 Å². The minimum atomic E-state index is -4.56. The second-order valence-electron chi connectivity index (χ2n) is 4.81. The topological polar surface area (TPSA) is 49.4 Å². The zero-order valence-electron chi connectivity index (χ0n) is 11.1. The molecule has 1 aliphatic rings. The molecule has 21 heavy (non-hydrogen) atoms. The first-order valence-corrected chi connectivity index (χ1v) is 8.01. The van der Waals surface area contributed by atoms with Crippen molar-refractivity contribution in [2.45, 2.75) is 23.5 Å². The highest BCUT2D eigenvalue weighted by atomic mass is 35.5. The fourth-order valence-electron chi connectivity index (χ4n) is 2.19. The van der Waals surface area contributed by atoms with Gasteiger partial charge in [-0.25, -0.2) is 8.42 Å². The van der Waals surface area contributed by atoms with Gasteiger partial charge in [-0.15, -0.1) is 0 Å². The van der Waals surface area contributed by atoms with Crippen LogP contribution >= 0.6 is 11.6 Å². The van der Waals surface area contributed by atoms with Crippen LogP contribution in [-0.4, -0.2) is 38.9 Å². The van der Waals surface area contributed by atoms with E-state index in [-0.39, 0.29) is 10.9 Å². The van der Waals surface area contributed by atoms with E-state index in [4.69, 9.17) is 11.6 Å². The first-order chi connectivity index (χ1) is 9.64. The number of sulfonamides is 1. The van der Waals surface area contributed by atoms with Crippen molar-refractivity contribution in [1.82, 2.24) is 9.62 Å². The van der Waals surface area contributed by atoms with E-state index in [9.17, 15) is 21.6 Å². The monoisotopic (exact) mass is 342 g/mol. The van der Waals surface area contributed by atoms with Gasteiger partial charge in [-0.1, -0.05) is 11.6 Å². The zero-order chi connectivity index (χ0) is 15.8. The first kappa shape index (κ1) is 16.5. The molecule has 2 rings (SSSR count). The maximum Gasteiger partial charge on any atom is 0.416 e. The quantitative estimate of drug-likeness (QED) is 0.917. The van der Waals surface area contributed by atoms with Crippen LogP contribution in [0.25, 0.3) is 0 Å². The third-order valence-corrected chi connectivity index (χ3v) is 5.86. The lowest BCUT2D eigenvalue weighted by molar-refractivity contribution is -0.137. The van der Waals surface area contributed by atoms with Crippen molar-refractivity contribution in [3.8, 4) is 0 Å². The van der Waals surface area contributed by atoms with E-state index < -0.39 is 26.8 Å². The summed E-state index contributed by atoms with van der Waals surface area (Å²) in [7, 11) is -2.52. The molecule has 1 aliphatic heterocycles. The Morgan fingerprint density at radius 1 is 1.38 bits per heavy atom. The van der Waals surface area contributed by atoms with Gasteiger partial charge in [-0.2, -0.15) is 17.5 Å².